The van der Waals surface area contributed by atoms with Gasteiger partial charge in [-0.05, 0) is 42.0 Å². The van der Waals surface area contributed by atoms with E-state index < -0.39 is 12.4 Å². The van der Waals surface area contributed by atoms with E-state index in [0.717, 1.165) is 0 Å². The summed E-state index contributed by atoms with van der Waals surface area (Å²) in [4.78, 5) is 11.9. The Kier molecular flexibility index (Phi) is 5.46. The smallest absolute Gasteiger partial charge is 0.387 e. The van der Waals surface area contributed by atoms with Gasteiger partial charge in [-0.2, -0.15) is 8.78 Å². The van der Waals surface area contributed by atoms with Crippen LogP contribution in [0.15, 0.2) is 42.5 Å². The SMILES string of the molecule is COc1ccc(CC(=O)Nc2ccc(OC(F)F)cc2)cc1F. The van der Waals surface area contributed by atoms with Crippen LogP contribution in [-0.2, 0) is 11.2 Å². The first-order valence-corrected chi connectivity index (χ1v) is 6.65. The largest absolute Gasteiger partial charge is 0.494 e. The Morgan fingerprint density at radius 1 is 1.17 bits per heavy atom. The molecule has 2 aromatic carbocycles. The number of amides is 1. The number of ether oxygens (including phenoxy) is 2. The summed E-state index contributed by atoms with van der Waals surface area (Å²) >= 11 is 0. The van der Waals surface area contributed by atoms with Gasteiger partial charge in [0.2, 0.25) is 5.91 Å². The van der Waals surface area contributed by atoms with Gasteiger partial charge in [-0.3, -0.25) is 4.79 Å². The fraction of sp³-hybridized carbons (Fsp3) is 0.188. The minimum Gasteiger partial charge on any atom is -0.494 e. The lowest BCUT2D eigenvalue weighted by molar-refractivity contribution is -0.115. The average Bonchev–Trinajstić information content (AvgIpc) is 2.49. The molecule has 0 spiro atoms. The lowest BCUT2D eigenvalue weighted by Gasteiger charge is -2.08. The number of alkyl halides is 2. The third-order valence-corrected chi connectivity index (χ3v) is 2.94. The van der Waals surface area contributed by atoms with Crippen LogP contribution < -0.4 is 14.8 Å². The summed E-state index contributed by atoms with van der Waals surface area (Å²) in [7, 11) is 1.35. The summed E-state index contributed by atoms with van der Waals surface area (Å²) in [6, 6.07) is 9.74. The molecular formula is C16H14F3NO3. The van der Waals surface area contributed by atoms with E-state index in [1.165, 1.54) is 43.5 Å². The predicted octanol–water partition coefficient (Wildman–Crippen LogP) is 3.62. The highest BCUT2D eigenvalue weighted by Crippen LogP contribution is 2.20. The maximum Gasteiger partial charge on any atom is 0.387 e. The summed E-state index contributed by atoms with van der Waals surface area (Å²) in [6.45, 7) is -2.90. The van der Waals surface area contributed by atoms with Crippen molar-refractivity contribution in [3.05, 3.63) is 53.8 Å². The maximum absolute atomic E-state index is 13.5. The van der Waals surface area contributed by atoms with Crippen LogP contribution in [0.5, 0.6) is 11.5 Å². The number of halogens is 3. The van der Waals surface area contributed by atoms with Crippen molar-refractivity contribution in [3.63, 3.8) is 0 Å². The zero-order chi connectivity index (χ0) is 16.8. The number of benzene rings is 2. The fourth-order valence-electron chi connectivity index (χ4n) is 1.93. The second-order valence-corrected chi connectivity index (χ2v) is 4.60. The number of hydrogen-bond acceptors (Lipinski definition) is 3. The lowest BCUT2D eigenvalue weighted by atomic mass is 10.1. The molecule has 4 nitrogen and oxygen atoms in total. The first kappa shape index (κ1) is 16.7. The molecule has 23 heavy (non-hydrogen) atoms. The Hall–Kier alpha value is -2.70. The van der Waals surface area contributed by atoms with Crippen LogP contribution in [0.2, 0.25) is 0 Å². The lowest BCUT2D eigenvalue weighted by Crippen LogP contribution is -2.14. The third kappa shape index (κ3) is 4.91. The topological polar surface area (TPSA) is 47.6 Å². The van der Waals surface area contributed by atoms with Crippen LogP contribution in [0.1, 0.15) is 5.56 Å². The van der Waals surface area contributed by atoms with E-state index in [2.05, 4.69) is 10.1 Å². The zero-order valence-electron chi connectivity index (χ0n) is 12.2. The molecular weight excluding hydrogens is 311 g/mol. The van der Waals surface area contributed by atoms with Crippen LogP contribution in [0.4, 0.5) is 18.9 Å². The fourth-order valence-corrected chi connectivity index (χ4v) is 1.93. The quantitative estimate of drug-likeness (QED) is 0.882. The summed E-state index contributed by atoms with van der Waals surface area (Å²) in [5.41, 5.74) is 0.907. The number of nitrogens with one attached hydrogen (secondary N) is 1. The molecule has 0 unspecified atom stereocenters. The molecule has 0 fully saturated rings. The Balaban J connectivity index is 1.95. The summed E-state index contributed by atoms with van der Waals surface area (Å²) in [6.07, 6.45) is -0.0315. The molecule has 0 heterocycles. The second kappa shape index (κ2) is 7.53. The monoisotopic (exact) mass is 325 g/mol. The van der Waals surface area contributed by atoms with Gasteiger partial charge >= 0.3 is 6.61 Å². The van der Waals surface area contributed by atoms with E-state index in [1.54, 1.807) is 6.07 Å². The molecule has 0 bridgehead atoms. The van der Waals surface area contributed by atoms with Gasteiger partial charge in [0.15, 0.2) is 11.6 Å². The Morgan fingerprint density at radius 3 is 2.43 bits per heavy atom. The Labute approximate surface area is 130 Å². The normalized spacial score (nSPS) is 10.5. The van der Waals surface area contributed by atoms with Crippen LogP contribution >= 0.6 is 0 Å². The summed E-state index contributed by atoms with van der Waals surface area (Å²) in [5.74, 6) is -0.817. The average molecular weight is 325 g/mol. The molecule has 122 valence electrons. The number of hydrogen-bond donors (Lipinski definition) is 1. The molecule has 0 radical (unpaired) electrons. The van der Waals surface area contributed by atoms with Crippen molar-refractivity contribution in [2.75, 3.05) is 12.4 Å². The number of carbonyl (C=O) groups excluding carboxylic acids is 1. The van der Waals surface area contributed by atoms with E-state index in [9.17, 15) is 18.0 Å². The van der Waals surface area contributed by atoms with Gasteiger partial charge in [0.25, 0.3) is 0 Å². The highest BCUT2D eigenvalue weighted by Gasteiger charge is 2.09. The maximum atomic E-state index is 13.5. The van der Waals surface area contributed by atoms with E-state index in [-0.39, 0.29) is 23.8 Å². The molecule has 0 atom stereocenters. The van der Waals surface area contributed by atoms with Crippen molar-refractivity contribution >= 4 is 11.6 Å². The minimum atomic E-state index is -2.90. The highest BCUT2D eigenvalue weighted by molar-refractivity contribution is 5.92. The van der Waals surface area contributed by atoms with Gasteiger partial charge in [0.1, 0.15) is 5.75 Å². The minimum absolute atomic E-state index is 0.00442. The molecule has 0 saturated heterocycles. The number of rotatable bonds is 6. The molecule has 7 heteroatoms. The molecule has 0 aliphatic rings. The van der Waals surface area contributed by atoms with Crippen molar-refractivity contribution < 1.29 is 27.4 Å². The van der Waals surface area contributed by atoms with Gasteiger partial charge in [-0.15, -0.1) is 0 Å². The van der Waals surface area contributed by atoms with Gasteiger partial charge < -0.3 is 14.8 Å². The summed E-state index contributed by atoms with van der Waals surface area (Å²) in [5, 5.41) is 2.58. The van der Waals surface area contributed by atoms with Crippen LogP contribution in [0.25, 0.3) is 0 Å². The highest BCUT2D eigenvalue weighted by atomic mass is 19.3. The second-order valence-electron chi connectivity index (χ2n) is 4.60. The number of carbonyl (C=O) groups is 1. The van der Waals surface area contributed by atoms with Gasteiger partial charge in [-0.1, -0.05) is 6.07 Å². The van der Waals surface area contributed by atoms with Crippen molar-refractivity contribution in [2.45, 2.75) is 13.0 Å². The summed E-state index contributed by atoms with van der Waals surface area (Å²) < 4.78 is 46.6. The van der Waals surface area contributed by atoms with Crippen molar-refractivity contribution in [2.24, 2.45) is 0 Å². The van der Waals surface area contributed by atoms with E-state index >= 15 is 0 Å². The first-order valence-electron chi connectivity index (χ1n) is 6.65. The molecule has 0 aromatic heterocycles. The Morgan fingerprint density at radius 2 is 1.87 bits per heavy atom. The predicted molar refractivity (Wildman–Crippen MR) is 78.4 cm³/mol. The van der Waals surface area contributed by atoms with Crippen LogP contribution in [-0.4, -0.2) is 19.6 Å². The van der Waals surface area contributed by atoms with Crippen molar-refractivity contribution in [1.29, 1.82) is 0 Å². The van der Waals surface area contributed by atoms with Gasteiger partial charge in [0, 0.05) is 5.69 Å². The molecule has 2 aromatic rings. The van der Waals surface area contributed by atoms with Crippen molar-refractivity contribution in [1.82, 2.24) is 0 Å². The zero-order valence-corrected chi connectivity index (χ0v) is 12.2. The third-order valence-electron chi connectivity index (χ3n) is 2.94. The number of anilines is 1. The van der Waals surface area contributed by atoms with Crippen LogP contribution in [0, 0.1) is 5.82 Å². The molecule has 1 amide bonds. The van der Waals surface area contributed by atoms with Gasteiger partial charge in [0.05, 0.1) is 13.5 Å². The molecule has 2 rings (SSSR count). The van der Waals surface area contributed by atoms with E-state index in [4.69, 9.17) is 4.74 Å². The molecule has 0 saturated carbocycles. The van der Waals surface area contributed by atoms with E-state index in [0.29, 0.717) is 11.3 Å². The van der Waals surface area contributed by atoms with Crippen LogP contribution in [0.3, 0.4) is 0 Å². The molecule has 0 aliphatic heterocycles. The van der Waals surface area contributed by atoms with Crippen molar-refractivity contribution in [3.8, 4) is 11.5 Å². The molecule has 0 aliphatic carbocycles. The molecule has 1 N–H and O–H groups in total. The Bertz CT molecular complexity index is 675. The van der Waals surface area contributed by atoms with Gasteiger partial charge in [-0.25, -0.2) is 4.39 Å². The standard InChI is InChI=1S/C16H14F3NO3/c1-22-14-7-2-10(8-13(14)17)9-15(21)20-11-3-5-12(6-4-11)23-16(18)19/h2-8,16H,9H2,1H3,(H,20,21). The number of methoxy groups -OCH3 is 1. The first-order chi connectivity index (χ1) is 11.0. The van der Waals surface area contributed by atoms with E-state index in [1.807, 2.05) is 0 Å².